The van der Waals surface area contributed by atoms with Gasteiger partial charge in [-0.15, -0.1) is 11.3 Å². The molecule has 4 atom stereocenters. The van der Waals surface area contributed by atoms with Crippen LogP contribution in [0, 0.1) is 11.8 Å². The number of aromatic nitrogens is 5. The maximum atomic E-state index is 14.2. The summed E-state index contributed by atoms with van der Waals surface area (Å²) in [5.41, 5.74) is 2.47. The number of carbonyl (C=O) groups excluding carboxylic acids is 3. The summed E-state index contributed by atoms with van der Waals surface area (Å²) in [7, 11) is 0. The third-order valence-electron chi connectivity index (χ3n) is 9.87. The number of thiophene rings is 1. The number of nitrogens with one attached hydrogen (secondary N) is 5. The molecule has 270 valence electrons. The van der Waals surface area contributed by atoms with Crippen molar-refractivity contribution in [2.24, 2.45) is 11.8 Å². The fourth-order valence-electron chi connectivity index (χ4n) is 7.13. The topological polar surface area (TPSA) is 170 Å². The zero-order valence-corrected chi connectivity index (χ0v) is 29.6. The van der Waals surface area contributed by atoms with Crippen LogP contribution in [-0.4, -0.2) is 66.0 Å². The van der Waals surface area contributed by atoms with E-state index in [-0.39, 0.29) is 18.7 Å². The molecule has 0 spiro atoms. The third-order valence-corrected chi connectivity index (χ3v) is 10.8. The molecule has 1 aliphatic carbocycles. The Bertz CT molecular complexity index is 1800. The van der Waals surface area contributed by atoms with Crippen molar-refractivity contribution in [2.75, 3.05) is 6.54 Å². The molecule has 1 aromatic carbocycles. The second kappa shape index (κ2) is 18.0. The number of H-pyrrole nitrogens is 2. The molecule has 13 heteroatoms. The van der Waals surface area contributed by atoms with Crippen molar-refractivity contribution in [3.63, 3.8) is 0 Å². The number of aromatic amines is 2. The Labute approximate surface area is 301 Å². The number of aliphatic hydroxyl groups excluding tert-OH is 1. The van der Waals surface area contributed by atoms with Gasteiger partial charge >= 0.3 is 0 Å². The molecule has 0 saturated heterocycles. The summed E-state index contributed by atoms with van der Waals surface area (Å²) in [6.07, 6.45) is 17.0. The Morgan fingerprint density at radius 2 is 1.88 bits per heavy atom. The molecule has 6 rings (SSSR count). The number of imidazole rings is 2. The van der Waals surface area contributed by atoms with Gasteiger partial charge in [0, 0.05) is 66.5 Å². The van der Waals surface area contributed by atoms with Crippen molar-refractivity contribution in [3.05, 3.63) is 95.4 Å². The van der Waals surface area contributed by atoms with Crippen LogP contribution < -0.4 is 16.0 Å². The average molecular weight is 713 g/mol. The minimum atomic E-state index is -0.978. The second-order valence-corrected chi connectivity index (χ2v) is 14.6. The Morgan fingerprint density at radius 3 is 2.65 bits per heavy atom. The molecule has 0 aliphatic heterocycles. The van der Waals surface area contributed by atoms with Crippen LogP contribution >= 0.6 is 11.3 Å². The summed E-state index contributed by atoms with van der Waals surface area (Å²) in [6.45, 7) is 1.17. The summed E-state index contributed by atoms with van der Waals surface area (Å²) < 4.78 is 1.95. The summed E-state index contributed by atoms with van der Waals surface area (Å²) in [4.78, 5) is 57.1. The van der Waals surface area contributed by atoms with Gasteiger partial charge in [-0.2, -0.15) is 0 Å². The number of amides is 3. The minimum Gasteiger partial charge on any atom is -0.385 e. The molecule has 0 unspecified atom stereocenters. The molecule has 51 heavy (non-hydrogen) atoms. The number of carbonyl (C=O) groups is 3. The molecule has 1 fully saturated rings. The Hall–Kier alpha value is -4.75. The maximum absolute atomic E-state index is 14.2. The number of hydrogen-bond donors (Lipinski definition) is 6. The monoisotopic (exact) mass is 712 g/mol. The van der Waals surface area contributed by atoms with Crippen molar-refractivity contribution in [1.29, 1.82) is 0 Å². The standard InChI is InChI=1S/C38H48N8O4S/c47-35(41-13-7-15-46-16-14-39-25-46)20-27(19-28-22-42-31-11-5-4-10-30(28)31)37(49)45-33(21-29-23-40-24-43-29)38(50)44-32(18-26-8-2-1-3-9-26)36(48)34-12-6-17-51-34/h4-6,10-12,14,16-17,22-27,32-33,36,42,48H,1-3,7-9,13,15,18-21H2,(H,40,43)(H,41,47)(H,44,50)(H,45,49)/t27-,32+,33+,36-/m1/s1. The molecular weight excluding hydrogens is 665 g/mol. The predicted octanol–water partition coefficient (Wildman–Crippen LogP) is 4.82. The molecule has 12 nitrogen and oxygen atoms in total. The number of aliphatic hydroxyl groups is 1. The summed E-state index contributed by atoms with van der Waals surface area (Å²) in [5.74, 6) is -1.37. The van der Waals surface area contributed by atoms with E-state index in [0.717, 1.165) is 47.0 Å². The highest BCUT2D eigenvalue weighted by Crippen LogP contribution is 2.32. The lowest BCUT2D eigenvalue weighted by Crippen LogP contribution is -2.53. The Balaban J connectivity index is 1.18. The summed E-state index contributed by atoms with van der Waals surface area (Å²) in [6, 6.07) is 10.1. The first-order valence-corrected chi connectivity index (χ1v) is 18.9. The van der Waals surface area contributed by atoms with Gasteiger partial charge in [-0.25, -0.2) is 9.97 Å². The molecular formula is C38H48N8O4S. The Morgan fingerprint density at radius 1 is 1.02 bits per heavy atom. The number of nitrogens with zero attached hydrogens (tertiary/aromatic N) is 3. The van der Waals surface area contributed by atoms with Gasteiger partial charge in [-0.05, 0) is 48.3 Å². The fraction of sp³-hybridized carbons (Fsp3) is 0.447. The summed E-state index contributed by atoms with van der Waals surface area (Å²) in [5, 5.41) is 23.5. The van der Waals surface area contributed by atoms with E-state index in [1.165, 1.54) is 24.1 Å². The van der Waals surface area contributed by atoms with Crippen LogP contribution in [-0.2, 0) is 33.8 Å². The van der Waals surface area contributed by atoms with Crippen molar-refractivity contribution in [3.8, 4) is 0 Å². The van der Waals surface area contributed by atoms with E-state index in [4.69, 9.17) is 0 Å². The zero-order valence-electron chi connectivity index (χ0n) is 28.8. The highest BCUT2D eigenvalue weighted by atomic mass is 32.1. The first-order chi connectivity index (χ1) is 24.9. The Kier molecular flexibility index (Phi) is 12.7. The molecule has 0 bridgehead atoms. The highest BCUT2D eigenvalue weighted by Gasteiger charge is 2.33. The number of para-hydroxylation sites is 1. The minimum absolute atomic E-state index is 0.0471. The number of aryl methyl sites for hydroxylation is 1. The molecule has 1 saturated carbocycles. The molecule has 0 radical (unpaired) electrons. The van der Waals surface area contributed by atoms with Crippen molar-refractivity contribution >= 4 is 40.0 Å². The van der Waals surface area contributed by atoms with Crippen LogP contribution in [0.2, 0.25) is 0 Å². The van der Waals surface area contributed by atoms with Gasteiger partial charge in [0.15, 0.2) is 0 Å². The van der Waals surface area contributed by atoms with Gasteiger partial charge < -0.3 is 35.6 Å². The maximum Gasteiger partial charge on any atom is 0.243 e. The molecule has 4 heterocycles. The van der Waals surface area contributed by atoms with Crippen molar-refractivity contribution in [2.45, 2.75) is 88.9 Å². The van der Waals surface area contributed by atoms with Gasteiger partial charge in [0.05, 0.1) is 30.3 Å². The second-order valence-electron chi connectivity index (χ2n) is 13.6. The van der Waals surface area contributed by atoms with Crippen LogP contribution in [0.1, 0.15) is 73.6 Å². The molecule has 6 N–H and O–H groups in total. The predicted molar refractivity (Wildman–Crippen MR) is 197 cm³/mol. The van der Waals surface area contributed by atoms with Crippen molar-refractivity contribution in [1.82, 2.24) is 40.5 Å². The smallest absolute Gasteiger partial charge is 0.243 e. The normalized spacial score (nSPS) is 15.9. The third kappa shape index (κ3) is 10.2. The van der Waals surface area contributed by atoms with E-state index in [0.29, 0.717) is 44.0 Å². The van der Waals surface area contributed by atoms with E-state index in [1.54, 1.807) is 18.7 Å². The molecule has 3 amide bonds. The van der Waals surface area contributed by atoms with E-state index in [2.05, 4.69) is 35.9 Å². The molecule has 5 aromatic rings. The number of fused-ring (bicyclic) bond motifs is 1. The van der Waals surface area contributed by atoms with Crippen LogP contribution in [0.3, 0.4) is 0 Å². The van der Waals surface area contributed by atoms with E-state index in [1.807, 2.05) is 58.7 Å². The molecule has 1 aliphatic rings. The fourth-order valence-corrected chi connectivity index (χ4v) is 7.90. The van der Waals surface area contributed by atoms with Crippen LogP contribution in [0.4, 0.5) is 0 Å². The van der Waals surface area contributed by atoms with Gasteiger partial charge in [0.2, 0.25) is 17.7 Å². The lowest BCUT2D eigenvalue weighted by molar-refractivity contribution is -0.133. The zero-order chi connectivity index (χ0) is 35.4. The average Bonchev–Trinajstić information content (AvgIpc) is 3.99. The van der Waals surface area contributed by atoms with Gasteiger partial charge in [-0.1, -0.05) is 56.4 Å². The van der Waals surface area contributed by atoms with Crippen LogP contribution in [0.5, 0.6) is 0 Å². The van der Waals surface area contributed by atoms with E-state index < -0.39 is 35.9 Å². The molecule has 4 aromatic heterocycles. The van der Waals surface area contributed by atoms with Gasteiger partial charge in [0.1, 0.15) is 12.1 Å². The number of hydrogen-bond acceptors (Lipinski definition) is 7. The quantitative estimate of drug-likeness (QED) is 0.0712. The first-order valence-electron chi connectivity index (χ1n) is 18.0. The van der Waals surface area contributed by atoms with E-state index >= 15 is 0 Å². The van der Waals surface area contributed by atoms with Crippen LogP contribution in [0.15, 0.2) is 79.2 Å². The largest absolute Gasteiger partial charge is 0.385 e. The highest BCUT2D eigenvalue weighted by molar-refractivity contribution is 7.10. The van der Waals surface area contributed by atoms with Gasteiger partial charge in [0.25, 0.3) is 0 Å². The number of benzene rings is 1. The van der Waals surface area contributed by atoms with Crippen molar-refractivity contribution < 1.29 is 19.5 Å². The number of rotatable bonds is 18. The lowest BCUT2D eigenvalue weighted by atomic mass is 9.83. The lowest BCUT2D eigenvalue weighted by Gasteiger charge is -2.31. The van der Waals surface area contributed by atoms with Gasteiger partial charge in [-0.3, -0.25) is 14.4 Å². The summed E-state index contributed by atoms with van der Waals surface area (Å²) >= 11 is 1.46. The van der Waals surface area contributed by atoms with Crippen LogP contribution in [0.25, 0.3) is 10.9 Å². The SMILES string of the molecule is O=C(C[C@@H](Cc1c[nH]c2ccccc12)C(=O)N[C@@H](Cc1c[nH]cn1)C(=O)N[C@@H](CC1CCCCC1)[C@@H](O)c1cccs1)NCCCn1ccnc1. The van der Waals surface area contributed by atoms with E-state index in [9.17, 15) is 19.5 Å². The first kappa shape index (κ1) is 36.1.